The first kappa shape index (κ1) is 19.5. The third-order valence-corrected chi connectivity index (χ3v) is 6.06. The van der Waals surface area contributed by atoms with Crippen molar-refractivity contribution in [2.75, 3.05) is 14.2 Å². The van der Waals surface area contributed by atoms with Crippen LogP contribution >= 0.6 is 0 Å². The molecule has 2 aromatic carbocycles. The molecule has 1 saturated carbocycles. The van der Waals surface area contributed by atoms with Gasteiger partial charge >= 0.3 is 0 Å². The maximum absolute atomic E-state index is 13.1. The molecule has 1 fully saturated rings. The minimum absolute atomic E-state index is 0.163. The van der Waals surface area contributed by atoms with Crippen molar-refractivity contribution in [3.05, 3.63) is 59.9 Å². The molecule has 0 atom stereocenters. The Morgan fingerprint density at radius 3 is 2.55 bits per heavy atom. The maximum Gasteiger partial charge on any atom is 0.242 e. The first-order valence-electron chi connectivity index (χ1n) is 10.5. The standard InChI is InChI=1S/C24H29N3O2/c1-26(19-8-4-3-5-9-19)24(28)17-27-22-11-7-6-10-21(22)25-23(27)16-18-12-14-20(29-2)15-13-18/h6-7,10-15,19H,3-5,8-9,16-17H2,1-2H3. The van der Waals surface area contributed by atoms with E-state index in [1.54, 1.807) is 7.11 Å². The number of carbonyl (C=O) groups excluding carboxylic acids is 1. The molecule has 5 nitrogen and oxygen atoms in total. The Morgan fingerprint density at radius 1 is 1.10 bits per heavy atom. The van der Waals surface area contributed by atoms with Crippen molar-refractivity contribution in [3.8, 4) is 5.75 Å². The lowest BCUT2D eigenvalue weighted by molar-refractivity contribution is -0.133. The molecular weight excluding hydrogens is 362 g/mol. The van der Waals surface area contributed by atoms with Gasteiger partial charge in [-0.05, 0) is 42.7 Å². The zero-order valence-electron chi connectivity index (χ0n) is 17.3. The number of imidazole rings is 1. The number of rotatable bonds is 6. The van der Waals surface area contributed by atoms with Crippen molar-refractivity contribution >= 4 is 16.9 Å². The monoisotopic (exact) mass is 391 g/mol. The summed E-state index contributed by atoms with van der Waals surface area (Å²) < 4.78 is 7.34. The van der Waals surface area contributed by atoms with Gasteiger partial charge in [0.05, 0.1) is 18.1 Å². The second-order valence-electron chi connectivity index (χ2n) is 7.92. The highest BCUT2D eigenvalue weighted by Crippen LogP contribution is 2.24. The van der Waals surface area contributed by atoms with Crippen LogP contribution in [-0.4, -0.2) is 40.6 Å². The van der Waals surface area contributed by atoms with Crippen molar-refractivity contribution in [3.63, 3.8) is 0 Å². The van der Waals surface area contributed by atoms with Crippen LogP contribution in [0, 0.1) is 0 Å². The average molecular weight is 392 g/mol. The Morgan fingerprint density at radius 2 is 1.83 bits per heavy atom. The summed E-state index contributed by atoms with van der Waals surface area (Å²) in [4.78, 5) is 19.9. The Labute approximate surface area is 172 Å². The first-order valence-corrected chi connectivity index (χ1v) is 10.5. The van der Waals surface area contributed by atoms with Gasteiger partial charge in [0, 0.05) is 19.5 Å². The minimum atomic E-state index is 0.163. The SMILES string of the molecule is COc1ccc(Cc2nc3ccccc3n2CC(=O)N(C)C2CCCCC2)cc1. The molecule has 1 heterocycles. The van der Waals surface area contributed by atoms with Crippen LogP contribution in [-0.2, 0) is 17.8 Å². The van der Waals surface area contributed by atoms with Gasteiger partial charge in [-0.3, -0.25) is 4.79 Å². The summed E-state index contributed by atoms with van der Waals surface area (Å²) in [6, 6.07) is 16.5. The summed E-state index contributed by atoms with van der Waals surface area (Å²) in [6.07, 6.45) is 6.64. The molecule has 0 unspecified atom stereocenters. The van der Waals surface area contributed by atoms with Crippen LogP contribution in [0.25, 0.3) is 11.0 Å². The fraction of sp³-hybridized carbons (Fsp3) is 0.417. The maximum atomic E-state index is 13.1. The molecule has 0 N–H and O–H groups in total. The van der Waals surface area contributed by atoms with Gasteiger partial charge in [-0.15, -0.1) is 0 Å². The number of aromatic nitrogens is 2. The first-order chi connectivity index (χ1) is 14.2. The van der Waals surface area contributed by atoms with E-state index >= 15 is 0 Å². The van der Waals surface area contributed by atoms with E-state index in [2.05, 4.69) is 16.7 Å². The van der Waals surface area contributed by atoms with Gasteiger partial charge < -0.3 is 14.2 Å². The van der Waals surface area contributed by atoms with Crippen LogP contribution in [0.3, 0.4) is 0 Å². The zero-order valence-corrected chi connectivity index (χ0v) is 17.3. The molecule has 0 spiro atoms. The number of methoxy groups -OCH3 is 1. The molecule has 1 aliphatic rings. The van der Waals surface area contributed by atoms with E-state index in [4.69, 9.17) is 9.72 Å². The predicted octanol–water partition coefficient (Wildman–Crippen LogP) is 4.43. The lowest BCUT2D eigenvalue weighted by Crippen LogP contribution is -2.40. The van der Waals surface area contributed by atoms with Crippen LogP contribution in [0.1, 0.15) is 43.5 Å². The summed E-state index contributed by atoms with van der Waals surface area (Å²) in [5, 5.41) is 0. The average Bonchev–Trinajstić information content (AvgIpc) is 3.11. The highest BCUT2D eigenvalue weighted by atomic mass is 16.5. The van der Waals surface area contributed by atoms with Gasteiger partial charge in [0.2, 0.25) is 5.91 Å². The van der Waals surface area contributed by atoms with E-state index in [1.807, 2.05) is 48.3 Å². The molecule has 1 amide bonds. The number of amides is 1. The van der Waals surface area contributed by atoms with Gasteiger partial charge in [0.25, 0.3) is 0 Å². The molecule has 152 valence electrons. The molecule has 3 aromatic rings. The fourth-order valence-electron chi connectivity index (χ4n) is 4.28. The molecule has 0 aliphatic heterocycles. The smallest absolute Gasteiger partial charge is 0.242 e. The number of hydrogen-bond acceptors (Lipinski definition) is 3. The van der Waals surface area contributed by atoms with Crippen LogP contribution in [0.15, 0.2) is 48.5 Å². The topological polar surface area (TPSA) is 47.4 Å². The van der Waals surface area contributed by atoms with Gasteiger partial charge in [-0.1, -0.05) is 43.5 Å². The number of nitrogens with zero attached hydrogens (tertiary/aromatic N) is 3. The van der Waals surface area contributed by atoms with Gasteiger partial charge in [-0.25, -0.2) is 4.98 Å². The van der Waals surface area contributed by atoms with Gasteiger partial charge in [0.1, 0.15) is 18.1 Å². The summed E-state index contributed by atoms with van der Waals surface area (Å²) in [6.45, 7) is 0.332. The summed E-state index contributed by atoms with van der Waals surface area (Å²) in [7, 11) is 3.63. The summed E-state index contributed by atoms with van der Waals surface area (Å²) >= 11 is 0. The van der Waals surface area contributed by atoms with Gasteiger partial charge in [0.15, 0.2) is 0 Å². The Kier molecular flexibility index (Phi) is 5.84. The lowest BCUT2D eigenvalue weighted by atomic mass is 9.94. The molecule has 0 bridgehead atoms. The zero-order chi connectivity index (χ0) is 20.2. The third-order valence-electron chi connectivity index (χ3n) is 6.06. The molecule has 29 heavy (non-hydrogen) atoms. The molecule has 1 aromatic heterocycles. The summed E-state index contributed by atoms with van der Waals surface area (Å²) in [5.41, 5.74) is 3.10. The Hall–Kier alpha value is -2.82. The molecule has 5 heteroatoms. The quantitative estimate of drug-likeness (QED) is 0.625. The Bertz CT molecular complexity index is 971. The van der Waals surface area contributed by atoms with Crippen molar-refractivity contribution in [2.24, 2.45) is 0 Å². The number of likely N-dealkylation sites (N-methyl/N-ethyl adjacent to an activating group) is 1. The second kappa shape index (κ2) is 8.68. The number of ether oxygens (including phenoxy) is 1. The molecule has 0 radical (unpaired) electrons. The van der Waals surface area contributed by atoms with E-state index in [-0.39, 0.29) is 5.91 Å². The van der Waals surface area contributed by atoms with E-state index in [9.17, 15) is 4.79 Å². The van der Waals surface area contributed by atoms with Crippen molar-refractivity contribution < 1.29 is 9.53 Å². The van der Waals surface area contributed by atoms with Crippen LogP contribution in [0.4, 0.5) is 0 Å². The van der Waals surface area contributed by atoms with Gasteiger partial charge in [-0.2, -0.15) is 0 Å². The summed E-state index contributed by atoms with van der Waals surface area (Å²) in [5.74, 6) is 1.92. The second-order valence-corrected chi connectivity index (χ2v) is 7.92. The van der Waals surface area contributed by atoms with Crippen molar-refractivity contribution in [1.82, 2.24) is 14.5 Å². The van der Waals surface area contributed by atoms with Crippen molar-refractivity contribution in [1.29, 1.82) is 0 Å². The Balaban J connectivity index is 1.59. The van der Waals surface area contributed by atoms with E-state index < -0.39 is 0 Å². The minimum Gasteiger partial charge on any atom is -0.497 e. The van der Waals surface area contributed by atoms with Crippen LogP contribution < -0.4 is 4.74 Å². The number of para-hydroxylation sites is 2. The van der Waals surface area contributed by atoms with Crippen LogP contribution in [0.2, 0.25) is 0 Å². The third kappa shape index (κ3) is 4.29. The van der Waals surface area contributed by atoms with E-state index in [0.29, 0.717) is 19.0 Å². The fourth-order valence-corrected chi connectivity index (χ4v) is 4.28. The molecular formula is C24H29N3O2. The molecule has 4 rings (SSSR count). The van der Waals surface area contributed by atoms with E-state index in [0.717, 1.165) is 41.0 Å². The van der Waals surface area contributed by atoms with Crippen molar-refractivity contribution in [2.45, 2.75) is 51.1 Å². The predicted molar refractivity (Wildman–Crippen MR) is 115 cm³/mol. The number of carbonyl (C=O) groups is 1. The largest absolute Gasteiger partial charge is 0.497 e. The normalized spacial score (nSPS) is 14.8. The number of fused-ring (bicyclic) bond motifs is 1. The number of hydrogen-bond donors (Lipinski definition) is 0. The molecule has 1 aliphatic carbocycles. The molecule has 0 saturated heterocycles. The van der Waals surface area contributed by atoms with Crippen LogP contribution in [0.5, 0.6) is 5.75 Å². The lowest BCUT2D eigenvalue weighted by Gasteiger charge is -2.31. The highest BCUT2D eigenvalue weighted by Gasteiger charge is 2.23. The number of benzene rings is 2. The highest BCUT2D eigenvalue weighted by molar-refractivity contribution is 5.81. The van der Waals surface area contributed by atoms with E-state index in [1.165, 1.54) is 19.3 Å².